The van der Waals surface area contributed by atoms with Crippen LogP contribution >= 0.6 is 23.2 Å². The lowest BCUT2D eigenvalue weighted by molar-refractivity contribution is -0.131. The SMILES string of the molecule is O=C(O)C=Cc1ccccc1OCCOc1ccc(Cl)cc1Cl. The van der Waals surface area contributed by atoms with Gasteiger partial charge in [0.2, 0.25) is 0 Å². The molecule has 0 aliphatic heterocycles. The second-order valence-corrected chi connectivity index (χ2v) is 5.32. The van der Waals surface area contributed by atoms with E-state index in [2.05, 4.69) is 0 Å². The lowest BCUT2D eigenvalue weighted by Gasteiger charge is -2.11. The Morgan fingerprint density at radius 2 is 1.74 bits per heavy atom. The van der Waals surface area contributed by atoms with E-state index in [9.17, 15) is 4.79 Å². The van der Waals surface area contributed by atoms with Crippen LogP contribution in [0.3, 0.4) is 0 Å². The number of benzene rings is 2. The molecule has 0 aliphatic rings. The molecular weight excluding hydrogens is 339 g/mol. The molecule has 0 saturated carbocycles. The molecule has 2 rings (SSSR count). The van der Waals surface area contributed by atoms with Gasteiger partial charge in [-0.1, -0.05) is 41.4 Å². The minimum absolute atomic E-state index is 0.289. The summed E-state index contributed by atoms with van der Waals surface area (Å²) < 4.78 is 11.1. The molecule has 0 heterocycles. The minimum Gasteiger partial charge on any atom is -0.489 e. The number of para-hydroxylation sites is 1. The van der Waals surface area contributed by atoms with Crippen molar-refractivity contribution in [3.8, 4) is 11.5 Å². The Balaban J connectivity index is 1.90. The van der Waals surface area contributed by atoms with Crippen LogP contribution in [0.5, 0.6) is 11.5 Å². The average Bonchev–Trinajstić information content (AvgIpc) is 2.52. The molecule has 0 bridgehead atoms. The summed E-state index contributed by atoms with van der Waals surface area (Å²) in [5, 5.41) is 9.65. The van der Waals surface area contributed by atoms with Crippen molar-refractivity contribution in [2.24, 2.45) is 0 Å². The topological polar surface area (TPSA) is 55.8 Å². The van der Waals surface area contributed by atoms with Gasteiger partial charge in [0.15, 0.2) is 0 Å². The Bertz CT molecular complexity index is 713. The highest BCUT2D eigenvalue weighted by Gasteiger charge is 2.04. The van der Waals surface area contributed by atoms with Gasteiger partial charge in [-0.15, -0.1) is 0 Å². The first kappa shape index (κ1) is 17.2. The lowest BCUT2D eigenvalue weighted by Crippen LogP contribution is -2.09. The Morgan fingerprint density at radius 3 is 2.43 bits per heavy atom. The second kappa shape index (κ2) is 8.46. The van der Waals surface area contributed by atoms with E-state index in [0.29, 0.717) is 33.7 Å². The fraction of sp³-hybridized carbons (Fsp3) is 0.118. The molecule has 23 heavy (non-hydrogen) atoms. The van der Waals surface area contributed by atoms with Crippen LogP contribution < -0.4 is 9.47 Å². The summed E-state index contributed by atoms with van der Waals surface area (Å²) in [4.78, 5) is 10.6. The summed E-state index contributed by atoms with van der Waals surface area (Å²) in [7, 11) is 0. The molecule has 0 saturated heterocycles. The van der Waals surface area contributed by atoms with E-state index in [1.807, 2.05) is 6.07 Å². The van der Waals surface area contributed by atoms with Gasteiger partial charge in [-0.05, 0) is 30.3 Å². The zero-order valence-corrected chi connectivity index (χ0v) is 13.6. The standard InChI is InChI=1S/C17H14Cl2O4/c18-13-6-7-16(14(19)11-13)23-10-9-22-15-4-2-1-3-12(15)5-8-17(20)21/h1-8,11H,9-10H2,(H,20,21). The van der Waals surface area contributed by atoms with Crippen molar-refractivity contribution in [2.45, 2.75) is 0 Å². The number of hydrogen-bond donors (Lipinski definition) is 1. The minimum atomic E-state index is -1.01. The van der Waals surface area contributed by atoms with E-state index in [0.717, 1.165) is 6.08 Å². The number of carboxylic acids is 1. The van der Waals surface area contributed by atoms with Crippen molar-refractivity contribution in [2.75, 3.05) is 13.2 Å². The van der Waals surface area contributed by atoms with Crippen molar-refractivity contribution in [3.05, 3.63) is 64.1 Å². The predicted molar refractivity (Wildman–Crippen MR) is 90.6 cm³/mol. The molecule has 2 aromatic rings. The van der Waals surface area contributed by atoms with E-state index in [4.69, 9.17) is 37.8 Å². The quantitative estimate of drug-likeness (QED) is 0.586. The summed E-state index contributed by atoms with van der Waals surface area (Å²) in [6.07, 6.45) is 2.54. The van der Waals surface area contributed by atoms with Crippen LogP contribution in [0.2, 0.25) is 10.0 Å². The first-order valence-corrected chi connectivity index (χ1v) is 7.52. The summed E-state index contributed by atoms with van der Waals surface area (Å²) >= 11 is 11.8. The highest BCUT2D eigenvalue weighted by atomic mass is 35.5. The maximum absolute atomic E-state index is 10.6. The molecule has 0 radical (unpaired) electrons. The molecule has 4 nitrogen and oxygen atoms in total. The lowest BCUT2D eigenvalue weighted by atomic mass is 10.2. The van der Waals surface area contributed by atoms with E-state index in [1.165, 1.54) is 6.08 Å². The maximum Gasteiger partial charge on any atom is 0.328 e. The summed E-state index contributed by atoms with van der Waals surface area (Å²) in [5.74, 6) is 0.0926. The second-order valence-electron chi connectivity index (χ2n) is 4.48. The van der Waals surface area contributed by atoms with Crippen LogP contribution in [0, 0.1) is 0 Å². The molecule has 0 aromatic heterocycles. The van der Waals surface area contributed by atoms with Gasteiger partial charge in [-0.3, -0.25) is 0 Å². The third-order valence-electron chi connectivity index (χ3n) is 2.82. The van der Waals surface area contributed by atoms with Crippen molar-refractivity contribution < 1.29 is 19.4 Å². The van der Waals surface area contributed by atoms with Crippen LogP contribution in [0.4, 0.5) is 0 Å². The molecule has 6 heteroatoms. The normalized spacial score (nSPS) is 10.7. The van der Waals surface area contributed by atoms with Gasteiger partial charge >= 0.3 is 5.97 Å². The highest BCUT2D eigenvalue weighted by molar-refractivity contribution is 6.35. The Morgan fingerprint density at radius 1 is 1.04 bits per heavy atom. The van der Waals surface area contributed by atoms with E-state index < -0.39 is 5.97 Å². The summed E-state index contributed by atoms with van der Waals surface area (Å²) in [6.45, 7) is 0.579. The largest absolute Gasteiger partial charge is 0.489 e. The van der Waals surface area contributed by atoms with Gasteiger partial charge in [-0.2, -0.15) is 0 Å². The number of carboxylic acid groups (broad SMARTS) is 1. The number of rotatable bonds is 7. The van der Waals surface area contributed by atoms with E-state index >= 15 is 0 Å². The van der Waals surface area contributed by atoms with Crippen molar-refractivity contribution in [1.29, 1.82) is 0 Å². The van der Waals surface area contributed by atoms with Crippen LogP contribution in [0.25, 0.3) is 6.08 Å². The van der Waals surface area contributed by atoms with Crippen LogP contribution in [-0.4, -0.2) is 24.3 Å². The monoisotopic (exact) mass is 352 g/mol. The van der Waals surface area contributed by atoms with E-state index in [-0.39, 0.29) is 6.61 Å². The van der Waals surface area contributed by atoms with E-state index in [1.54, 1.807) is 36.4 Å². The number of ether oxygens (including phenoxy) is 2. The fourth-order valence-electron chi connectivity index (χ4n) is 1.81. The van der Waals surface area contributed by atoms with Gasteiger partial charge < -0.3 is 14.6 Å². The number of carbonyl (C=O) groups is 1. The summed E-state index contributed by atoms with van der Waals surface area (Å²) in [6, 6.07) is 12.1. The number of halogens is 2. The number of aliphatic carboxylic acids is 1. The van der Waals surface area contributed by atoms with Gasteiger partial charge in [0.1, 0.15) is 24.7 Å². The molecule has 0 amide bonds. The van der Waals surface area contributed by atoms with Crippen LogP contribution in [0.1, 0.15) is 5.56 Å². The molecule has 0 unspecified atom stereocenters. The zero-order valence-electron chi connectivity index (χ0n) is 12.0. The van der Waals surface area contributed by atoms with Crippen LogP contribution in [-0.2, 0) is 4.79 Å². The molecule has 0 atom stereocenters. The summed E-state index contributed by atoms with van der Waals surface area (Å²) in [5.41, 5.74) is 0.680. The molecule has 0 spiro atoms. The Labute approximate surface area is 143 Å². The Hall–Kier alpha value is -2.17. The van der Waals surface area contributed by atoms with Crippen molar-refractivity contribution >= 4 is 35.2 Å². The third-order valence-corrected chi connectivity index (χ3v) is 3.35. The Kier molecular flexibility index (Phi) is 6.32. The zero-order chi connectivity index (χ0) is 16.7. The molecular formula is C17H14Cl2O4. The number of hydrogen-bond acceptors (Lipinski definition) is 3. The average molecular weight is 353 g/mol. The molecule has 0 fully saturated rings. The third kappa shape index (κ3) is 5.51. The smallest absolute Gasteiger partial charge is 0.328 e. The molecule has 120 valence electrons. The van der Waals surface area contributed by atoms with Crippen LogP contribution in [0.15, 0.2) is 48.5 Å². The van der Waals surface area contributed by atoms with Gasteiger partial charge in [0.05, 0.1) is 5.02 Å². The first-order valence-electron chi connectivity index (χ1n) is 6.77. The first-order chi connectivity index (χ1) is 11.1. The predicted octanol–water partition coefficient (Wildman–Crippen LogP) is 4.55. The van der Waals surface area contributed by atoms with Crippen molar-refractivity contribution in [3.63, 3.8) is 0 Å². The highest BCUT2D eigenvalue weighted by Crippen LogP contribution is 2.27. The van der Waals surface area contributed by atoms with Crippen molar-refractivity contribution in [1.82, 2.24) is 0 Å². The molecule has 0 aliphatic carbocycles. The molecule has 1 N–H and O–H groups in total. The van der Waals surface area contributed by atoms with Gasteiger partial charge in [0, 0.05) is 16.7 Å². The fourth-order valence-corrected chi connectivity index (χ4v) is 2.27. The maximum atomic E-state index is 10.6. The van der Waals surface area contributed by atoms with Gasteiger partial charge in [-0.25, -0.2) is 4.79 Å². The van der Waals surface area contributed by atoms with Gasteiger partial charge in [0.25, 0.3) is 0 Å². The molecule has 2 aromatic carbocycles.